The fourth-order valence-electron chi connectivity index (χ4n) is 1.10. The molecule has 11 heavy (non-hydrogen) atoms. The van der Waals surface area contributed by atoms with Crippen LogP contribution in [0, 0.1) is 0 Å². The van der Waals surface area contributed by atoms with Gasteiger partial charge in [0.1, 0.15) is 0 Å². The molecule has 0 unspecified atom stereocenters. The molecule has 1 aliphatic carbocycles. The smallest absolute Gasteiger partial charge is 0.00367 e. The summed E-state index contributed by atoms with van der Waals surface area (Å²) < 4.78 is 0. The van der Waals surface area contributed by atoms with Gasteiger partial charge < -0.3 is 5.73 Å². The molecule has 0 bridgehead atoms. The van der Waals surface area contributed by atoms with Crippen LogP contribution in [0.3, 0.4) is 0 Å². The van der Waals surface area contributed by atoms with E-state index in [0.29, 0.717) is 0 Å². The van der Waals surface area contributed by atoms with Crippen LogP contribution in [-0.2, 0) is 0 Å². The predicted octanol–water partition coefficient (Wildman–Crippen LogP) is 2.17. The summed E-state index contributed by atoms with van der Waals surface area (Å²) in [5.74, 6) is 0. The second kappa shape index (κ2) is 4.91. The lowest BCUT2D eigenvalue weighted by Crippen LogP contribution is -1.99. The maximum atomic E-state index is 5.45. The van der Waals surface area contributed by atoms with Gasteiger partial charge in [-0.05, 0) is 31.4 Å². The first kappa shape index (κ1) is 8.28. The van der Waals surface area contributed by atoms with E-state index in [1.165, 1.54) is 5.57 Å². The summed E-state index contributed by atoms with van der Waals surface area (Å²) in [6.07, 6.45) is 14.1. The number of hydrogen-bond donors (Lipinski definition) is 1. The van der Waals surface area contributed by atoms with Crippen molar-refractivity contribution in [2.75, 3.05) is 6.54 Å². The lowest BCUT2D eigenvalue weighted by atomic mass is 10.1. The van der Waals surface area contributed by atoms with E-state index in [4.69, 9.17) is 5.73 Å². The van der Waals surface area contributed by atoms with Gasteiger partial charge in [-0.2, -0.15) is 0 Å². The van der Waals surface area contributed by atoms with Crippen molar-refractivity contribution in [3.8, 4) is 0 Å². The van der Waals surface area contributed by atoms with Crippen molar-refractivity contribution in [3.63, 3.8) is 0 Å². The molecule has 0 fully saturated rings. The Hall–Kier alpha value is -0.820. The van der Waals surface area contributed by atoms with Gasteiger partial charge in [0.15, 0.2) is 0 Å². The summed E-state index contributed by atoms with van der Waals surface area (Å²) in [7, 11) is 0. The average Bonchev–Trinajstić information content (AvgIpc) is 1.94. The molecule has 1 rings (SSSR count). The Kier molecular flexibility index (Phi) is 3.70. The third kappa shape index (κ3) is 3.19. The van der Waals surface area contributed by atoms with Crippen LogP contribution >= 0.6 is 0 Å². The van der Waals surface area contributed by atoms with Crippen molar-refractivity contribution in [1.29, 1.82) is 0 Å². The lowest BCUT2D eigenvalue weighted by Gasteiger charge is -1.99. The molecule has 2 N–H and O–H groups in total. The first-order valence-electron chi connectivity index (χ1n) is 4.16. The molecule has 0 aromatic rings. The maximum Gasteiger partial charge on any atom is -0.00367 e. The van der Waals surface area contributed by atoms with E-state index < -0.39 is 0 Å². The highest BCUT2D eigenvalue weighted by molar-refractivity contribution is 5.25. The van der Waals surface area contributed by atoms with E-state index in [-0.39, 0.29) is 0 Å². The molecule has 0 amide bonds. The highest BCUT2D eigenvalue weighted by atomic mass is 14.5. The molecule has 1 aliphatic rings. The van der Waals surface area contributed by atoms with Gasteiger partial charge in [0.2, 0.25) is 0 Å². The van der Waals surface area contributed by atoms with E-state index in [1.807, 2.05) is 0 Å². The SMILES string of the molecule is NCCC1=C/C=C\CC/C=C\1. The molecular formula is C10H15N. The fraction of sp³-hybridized carbons (Fsp3) is 0.400. The van der Waals surface area contributed by atoms with Crippen LogP contribution in [0.4, 0.5) is 0 Å². The minimum Gasteiger partial charge on any atom is -0.330 e. The van der Waals surface area contributed by atoms with Crippen molar-refractivity contribution < 1.29 is 0 Å². The average molecular weight is 149 g/mol. The van der Waals surface area contributed by atoms with Gasteiger partial charge in [0.25, 0.3) is 0 Å². The Labute approximate surface area is 68.3 Å². The molecule has 0 saturated carbocycles. The van der Waals surface area contributed by atoms with Gasteiger partial charge in [0.05, 0.1) is 0 Å². The van der Waals surface area contributed by atoms with Crippen LogP contribution in [0.25, 0.3) is 0 Å². The molecule has 0 saturated heterocycles. The summed E-state index contributed by atoms with van der Waals surface area (Å²) in [6, 6.07) is 0. The van der Waals surface area contributed by atoms with E-state index in [1.54, 1.807) is 0 Å². The Morgan fingerprint density at radius 1 is 1.27 bits per heavy atom. The summed E-state index contributed by atoms with van der Waals surface area (Å²) in [5.41, 5.74) is 6.79. The number of allylic oxidation sites excluding steroid dienone is 5. The molecule has 0 radical (unpaired) electrons. The molecule has 1 nitrogen and oxygen atoms in total. The van der Waals surface area contributed by atoms with Gasteiger partial charge >= 0.3 is 0 Å². The van der Waals surface area contributed by atoms with E-state index in [0.717, 1.165) is 25.8 Å². The van der Waals surface area contributed by atoms with Gasteiger partial charge in [-0.25, -0.2) is 0 Å². The molecule has 0 atom stereocenters. The van der Waals surface area contributed by atoms with Crippen LogP contribution in [-0.4, -0.2) is 6.54 Å². The van der Waals surface area contributed by atoms with Gasteiger partial charge in [-0.3, -0.25) is 0 Å². The molecule has 0 spiro atoms. The second-order valence-corrected chi connectivity index (χ2v) is 2.69. The van der Waals surface area contributed by atoms with Crippen molar-refractivity contribution in [2.45, 2.75) is 19.3 Å². The summed E-state index contributed by atoms with van der Waals surface area (Å²) >= 11 is 0. The molecule has 1 heteroatoms. The zero-order valence-electron chi connectivity index (χ0n) is 6.79. The Balaban J connectivity index is 2.57. The van der Waals surface area contributed by atoms with Crippen LogP contribution in [0.15, 0.2) is 36.0 Å². The third-order valence-electron chi connectivity index (χ3n) is 1.71. The summed E-state index contributed by atoms with van der Waals surface area (Å²) in [4.78, 5) is 0. The predicted molar refractivity (Wildman–Crippen MR) is 49.3 cm³/mol. The maximum absolute atomic E-state index is 5.45. The van der Waals surface area contributed by atoms with Gasteiger partial charge in [-0.1, -0.05) is 30.4 Å². The normalized spacial score (nSPS) is 27.9. The quantitative estimate of drug-likeness (QED) is 0.639. The summed E-state index contributed by atoms with van der Waals surface area (Å²) in [6.45, 7) is 0.740. The van der Waals surface area contributed by atoms with Gasteiger partial charge in [-0.15, -0.1) is 0 Å². The lowest BCUT2D eigenvalue weighted by molar-refractivity contribution is 0.963. The monoisotopic (exact) mass is 149 g/mol. The minimum absolute atomic E-state index is 0.740. The third-order valence-corrected chi connectivity index (χ3v) is 1.71. The highest BCUT2D eigenvalue weighted by Gasteiger charge is 1.90. The van der Waals surface area contributed by atoms with Crippen molar-refractivity contribution in [3.05, 3.63) is 36.0 Å². The second-order valence-electron chi connectivity index (χ2n) is 2.69. The van der Waals surface area contributed by atoms with Crippen LogP contribution < -0.4 is 5.73 Å². The standard InChI is InChI=1S/C10H15N/c11-9-8-10-6-4-2-1-3-5-7-10/h2,4-7H,1,3,8-9,11H2/b4-2-,7-5-,10-6+. The minimum atomic E-state index is 0.740. The first-order chi connectivity index (χ1) is 5.43. The molecule has 0 aliphatic heterocycles. The van der Waals surface area contributed by atoms with Crippen molar-refractivity contribution in [2.24, 2.45) is 5.73 Å². The van der Waals surface area contributed by atoms with Gasteiger partial charge in [0, 0.05) is 0 Å². The molecular weight excluding hydrogens is 134 g/mol. The molecule has 0 aromatic heterocycles. The van der Waals surface area contributed by atoms with E-state index in [9.17, 15) is 0 Å². The van der Waals surface area contributed by atoms with Crippen molar-refractivity contribution in [1.82, 2.24) is 0 Å². The van der Waals surface area contributed by atoms with Crippen molar-refractivity contribution >= 4 is 0 Å². The molecule has 0 heterocycles. The molecule has 0 aromatic carbocycles. The zero-order valence-corrected chi connectivity index (χ0v) is 6.79. The largest absolute Gasteiger partial charge is 0.330 e. The van der Waals surface area contributed by atoms with Crippen LogP contribution in [0.2, 0.25) is 0 Å². The molecule has 60 valence electrons. The highest BCUT2D eigenvalue weighted by Crippen LogP contribution is 2.07. The van der Waals surface area contributed by atoms with E-state index >= 15 is 0 Å². The number of rotatable bonds is 2. The first-order valence-corrected chi connectivity index (χ1v) is 4.16. The number of hydrogen-bond acceptors (Lipinski definition) is 1. The zero-order chi connectivity index (χ0) is 7.94. The summed E-state index contributed by atoms with van der Waals surface area (Å²) in [5, 5.41) is 0. The fourth-order valence-corrected chi connectivity index (χ4v) is 1.10. The Morgan fingerprint density at radius 3 is 2.91 bits per heavy atom. The topological polar surface area (TPSA) is 26.0 Å². The Bertz CT molecular complexity index is 187. The van der Waals surface area contributed by atoms with E-state index in [2.05, 4.69) is 30.4 Å². The van der Waals surface area contributed by atoms with Crippen LogP contribution in [0.5, 0.6) is 0 Å². The number of nitrogens with two attached hydrogens (primary N) is 1. The Morgan fingerprint density at radius 2 is 2.09 bits per heavy atom. The van der Waals surface area contributed by atoms with Crippen LogP contribution in [0.1, 0.15) is 19.3 Å².